The molecule has 0 saturated carbocycles. The molecule has 0 amide bonds. The molecule has 1 aromatic rings. The minimum absolute atomic E-state index is 0.256. The van der Waals surface area contributed by atoms with Crippen molar-refractivity contribution in [2.75, 3.05) is 0 Å². The van der Waals surface area contributed by atoms with Gasteiger partial charge >= 0.3 is 5.97 Å². The summed E-state index contributed by atoms with van der Waals surface area (Å²) in [6, 6.07) is 5.34. The van der Waals surface area contributed by atoms with Crippen molar-refractivity contribution in [1.29, 1.82) is 0 Å². The van der Waals surface area contributed by atoms with Crippen molar-refractivity contribution in [3.63, 3.8) is 0 Å². The molecule has 0 saturated heterocycles. The topological polar surface area (TPSA) is 26.3 Å². The Morgan fingerprint density at radius 3 is 2.83 bits per heavy atom. The third kappa shape index (κ3) is 2.30. The van der Waals surface area contributed by atoms with Gasteiger partial charge in [0.1, 0.15) is 5.82 Å². The van der Waals surface area contributed by atoms with E-state index in [-0.39, 0.29) is 6.42 Å². The zero-order chi connectivity index (χ0) is 8.97. The monoisotopic (exact) mass is 172 g/mol. The van der Waals surface area contributed by atoms with Crippen LogP contribution in [0.1, 0.15) is 5.56 Å². The Morgan fingerprint density at radius 2 is 2.25 bits per heavy atom. The fraction of sp³-hybridized carbons (Fsp3) is 0.125. The van der Waals surface area contributed by atoms with E-state index in [2.05, 4.69) is 4.94 Å². The number of hydrogen-bond acceptors (Lipinski definition) is 2. The van der Waals surface area contributed by atoms with Crippen LogP contribution in [0.5, 0.6) is 0 Å². The van der Waals surface area contributed by atoms with E-state index in [0.29, 0.717) is 5.56 Å². The van der Waals surface area contributed by atoms with Crippen LogP contribution in [-0.4, -0.2) is 5.97 Å². The molecule has 0 heterocycles. The summed E-state index contributed by atoms with van der Waals surface area (Å²) in [6.07, 6.45) is -0.256. The molecular weight excluding hydrogens is 166 g/mol. The van der Waals surface area contributed by atoms with Crippen molar-refractivity contribution in [1.82, 2.24) is 0 Å². The Morgan fingerprint density at radius 1 is 1.50 bits per heavy atom. The number of hydrogen-bond donors (Lipinski definition) is 0. The highest BCUT2D eigenvalue weighted by Gasteiger charge is 2.04. The van der Waals surface area contributed by atoms with E-state index < -0.39 is 11.8 Å². The Labute approximate surface area is 67.7 Å². The maximum absolute atomic E-state index is 12.5. The van der Waals surface area contributed by atoms with E-state index in [1.165, 1.54) is 18.2 Å². The van der Waals surface area contributed by atoms with Crippen LogP contribution < -0.4 is 0 Å². The van der Waals surface area contributed by atoms with Gasteiger partial charge in [-0.1, -0.05) is 12.1 Å². The van der Waals surface area contributed by atoms with Crippen molar-refractivity contribution in [2.45, 2.75) is 6.42 Å². The van der Waals surface area contributed by atoms with Crippen molar-refractivity contribution in [3.8, 4) is 0 Å². The van der Waals surface area contributed by atoms with E-state index in [1.54, 1.807) is 0 Å². The minimum atomic E-state index is -1.03. The van der Waals surface area contributed by atoms with Gasteiger partial charge in [0.05, 0.1) is 6.42 Å². The minimum Gasteiger partial charge on any atom is -0.255 e. The SMILES string of the molecule is O=C(Cc1cccc(F)c1)OF. The molecule has 1 aromatic carbocycles. The standard InChI is InChI=1S/C8H6F2O2/c9-7-3-1-2-6(4-7)5-8(11)12-10/h1-4H,5H2. The van der Waals surface area contributed by atoms with Gasteiger partial charge in [-0.15, -0.1) is 0 Å². The average Bonchev–Trinajstić information content (AvgIpc) is 2.04. The molecule has 0 fully saturated rings. The Bertz CT molecular complexity index is 286. The molecule has 4 heteroatoms. The largest absolute Gasteiger partial charge is 0.353 e. The first-order chi connectivity index (χ1) is 5.72. The van der Waals surface area contributed by atoms with E-state index in [0.717, 1.165) is 6.07 Å². The molecule has 0 atom stereocenters. The van der Waals surface area contributed by atoms with Crippen LogP contribution in [0.3, 0.4) is 0 Å². The van der Waals surface area contributed by atoms with E-state index in [1.807, 2.05) is 0 Å². The molecule has 0 aliphatic carbocycles. The lowest BCUT2D eigenvalue weighted by Gasteiger charge is -1.95. The summed E-state index contributed by atoms with van der Waals surface area (Å²) in [5.74, 6) is -1.49. The van der Waals surface area contributed by atoms with Crippen LogP contribution in [0.4, 0.5) is 8.92 Å². The second kappa shape index (κ2) is 3.80. The number of carbonyl (C=O) groups is 1. The predicted molar refractivity (Wildman–Crippen MR) is 37.3 cm³/mol. The van der Waals surface area contributed by atoms with Gasteiger partial charge in [-0.3, -0.25) is 4.94 Å². The molecular formula is C8H6F2O2. The van der Waals surface area contributed by atoms with E-state index in [4.69, 9.17) is 0 Å². The lowest BCUT2D eigenvalue weighted by molar-refractivity contribution is -0.182. The van der Waals surface area contributed by atoms with Gasteiger partial charge in [0.15, 0.2) is 0 Å². The first-order valence-corrected chi connectivity index (χ1v) is 3.28. The quantitative estimate of drug-likeness (QED) is 0.679. The van der Waals surface area contributed by atoms with Crippen molar-refractivity contribution >= 4 is 5.97 Å². The summed E-state index contributed by atoms with van der Waals surface area (Å²) >= 11 is 0. The fourth-order valence-corrected chi connectivity index (χ4v) is 0.841. The van der Waals surface area contributed by atoms with Crippen LogP contribution in [-0.2, 0) is 16.2 Å². The normalized spacial score (nSPS) is 9.50. The molecule has 0 bridgehead atoms. The van der Waals surface area contributed by atoms with Gasteiger partial charge in [-0.2, -0.15) is 0 Å². The van der Waals surface area contributed by atoms with Gasteiger partial charge in [0.2, 0.25) is 0 Å². The van der Waals surface area contributed by atoms with Gasteiger partial charge in [0.25, 0.3) is 0 Å². The molecule has 0 unspecified atom stereocenters. The average molecular weight is 172 g/mol. The Hall–Kier alpha value is -1.45. The maximum atomic E-state index is 12.5. The summed E-state index contributed by atoms with van der Waals surface area (Å²) in [5, 5.41) is 0. The summed E-state index contributed by atoms with van der Waals surface area (Å²) < 4.78 is 23.7. The van der Waals surface area contributed by atoms with Crippen LogP contribution in [0.2, 0.25) is 0 Å². The van der Waals surface area contributed by atoms with Crippen LogP contribution in [0, 0.1) is 5.82 Å². The highest BCUT2D eigenvalue weighted by Crippen LogP contribution is 2.04. The second-order valence-corrected chi connectivity index (χ2v) is 2.26. The molecule has 0 radical (unpaired) electrons. The smallest absolute Gasteiger partial charge is 0.255 e. The number of carbonyl (C=O) groups excluding carboxylic acids is 1. The van der Waals surface area contributed by atoms with Gasteiger partial charge in [0, 0.05) is 4.53 Å². The van der Waals surface area contributed by atoms with Crippen LogP contribution in [0.25, 0.3) is 0 Å². The molecule has 12 heavy (non-hydrogen) atoms. The number of halogens is 2. The van der Waals surface area contributed by atoms with E-state index >= 15 is 0 Å². The first-order valence-electron chi connectivity index (χ1n) is 3.28. The third-order valence-electron chi connectivity index (χ3n) is 1.32. The second-order valence-electron chi connectivity index (χ2n) is 2.26. The molecule has 0 aliphatic heterocycles. The van der Waals surface area contributed by atoms with Crippen molar-refractivity contribution < 1.29 is 18.7 Å². The molecule has 0 aromatic heterocycles. The van der Waals surface area contributed by atoms with E-state index in [9.17, 15) is 13.7 Å². The van der Waals surface area contributed by atoms with Gasteiger partial charge in [-0.25, -0.2) is 9.18 Å². The van der Waals surface area contributed by atoms with Gasteiger partial charge < -0.3 is 0 Å². The summed E-state index contributed by atoms with van der Waals surface area (Å²) in [7, 11) is 0. The van der Waals surface area contributed by atoms with Crippen molar-refractivity contribution in [3.05, 3.63) is 35.6 Å². The van der Waals surface area contributed by atoms with Gasteiger partial charge in [-0.05, 0) is 17.7 Å². The lowest BCUT2D eigenvalue weighted by Crippen LogP contribution is -2.02. The summed E-state index contributed by atoms with van der Waals surface area (Å²) in [6.45, 7) is 0. The number of rotatable bonds is 2. The highest BCUT2D eigenvalue weighted by atomic mass is 19.3. The third-order valence-corrected chi connectivity index (χ3v) is 1.32. The Balaban J connectivity index is 2.69. The molecule has 0 spiro atoms. The van der Waals surface area contributed by atoms with Crippen LogP contribution in [0.15, 0.2) is 24.3 Å². The maximum Gasteiger partial charge on any atom is 0.353 e. The molecule has 0 aliphatic rings. The lowest BCUT2D eigenvalue weighted by atomic mass is 10.1. The molecule has 0 N–H and O–H groups in total. The summed E-state index contributed by atoms with van der Waals surface area (Å²) in [5.41, 5.74) is 0.387. The Kier molecular flexibility index (Phi) is 2.74. The molecule has 1 rings (SSSR count). The zero-order valence-corrected chi connectivity index (χ0v) is 6.09. The first kappa shape index (κ1) is 8.64. The molecule has 2 nitrogen and oxygen atoms in total. The zero-order valence-electron chi connectivity index (χ0n) is 6.09. The molecule has 64 valence electrons. The predicted octanol–water partition coefficient (Wildman–Crippen LogP) is 1.80. The summed E-state index contributed by atoms with van der Waals surface area (Å²) in [4.78, 5) is 13.3. The highest BCUT2D eigenvalue weighted by molar-refractivity contribution is 5.71. The van der Waals surface area contributed by atoms with Crippen LogP contribution >= 0.6 is 0 Å². The van der Waals surface area contributed by atoms with Crippen molar-refractivity contribution in [2.24, 2.45) is 0 Å². The fourth-order valence-electron chi connectivity index (χ4n) is 0.841. The number of benzene rings is 1.